The molecule has 102 valence electrons. The molecule has 0 spiro atoms. The largest absolute Gasteiger partial charge is 0.385 e. The Morgan fingerprint density at radius 1 is 1.28 bits per heavy atom. The zero-order valence-electron chi connectivity index (χ0n) is 11.0. The second-order valence-electron chi connectivity index (χ2n) is 4.49. The maximum Gasteiger partial charge on any atom is 0.128 e. The van der Waals surface area contributed by atoms with Crippen molar-refractivity contribution in [3.05, 3.63) is 35.6 Å². The lowest BCUT2D eigenvalue weighted by molar-refractivity contribution is -0.0956. The molecule has 1 rings (SSSR count). The maximum absolute atomic E-state index is 13.3. The molecule has 1 unspecified atom stereocenters. The molecule has 4 heteroatoms. The monoisotopic (exact) mass is 256 g/mol. The lowest BCUT2D eigenvalue weighted by Gasteiger charge is -2.26. The summed E-state index contributed by atoms with van der Waals surface area (Å²) in [5, 5.41) is 10.2. The van der Waals surface area contributed by atoms with Crippen LogP contribution >= 0.6 is 0 Å². The van der Waals surface area contributed by atoms with Crippen LogP contribution in [0.3, 0.4) is 0 Å². The first kappa shape index (κ1) is 15.1. The normalized spacial score (nSPS) is 14.4. The number of rotatable bonds is 8. The minimum atomic E-state index is -0.991. The van der Waals surface area contributed by atoms with E-state index in [-0.39, 0.29) is 25.6 Å². The molecule has 0 aliphatic rings. The van der Waals surface area contributed by atoms with Crippen LogP contribution in [0.2, 0.25) is 0 Å². The van der Waals surface area contributed by atoms with Gasteiger partial charge in [-0.2, -0.15) is 0 Å². The summed E-state index contributed by atoms with van der Waals surface area (Å²) in [5.41, 5.74) is -0.497. The van der Waals surface area contributed by atoms with Crippen LogP contribution in [-0.2, 0) is 16.1 Å². The van der Waals surface area contributed by atoms with Crippen LogP contribution in [0.15, 0.2) is 24.3 Å². The summed E-state index contributed by atoms with van der Waals surface area (Å²) in [6, 6.07) is 6.46. The van der Waals surface area contributed by atoms with Gasteiger partial charge in [-0.3, -0.25) is 0 Å². The lowest BCUT2D eigenvalue weighted by atomic mass is 10.0. The molecule has 0 saturated carbocycles. The van der Waals surface area contributed by atoms with Gasteiger partial charge in [0, 0.05) is 12.7 Å². The number of halogens is 1. The molecular formula is C14H21FO3. The van der Waals surface area contributed by atoms with Gasteiger partial charge in [0.05, 0.1) is 19.8 Å². The molecule has 3 nitrogen and oxygen atoms in total. The molecule has 0 bridgehead atoms. The number of hydrogen-bond acceptors (Lipinski definition) is 3. The van der Waals surface area contributed by atoms with Crippen molar-refractivity contribution in [3.63, 3.8) is 0 Å². The number of aliphatic hydroxyl groups is 1. The fraction of sp³-hybridized carbons (Fsp3) is 0.571. The Balaban J connectivity index is 2.46. The average Bonchev–Trinajstić information content (AvgIpc) is 2.32. The third-order valence-electron chi connectivity index (χ3n) is 2.71. The van der Waals surface area contributed by atoms with Gasteiger partial charge in [0.25, 0.3) is 0 Å². The molecule has 0 amide bonds. The highest BCUT2D eigenvalue weighted by Crippen LogP contribution is 2.15. The van der Waals surface area contributed by atoms with Crippen molar-refractivity contribution < 1.29 is 19.0 Å². The molecule has 18 heavy (non-hydrogen) atoms. The highest BCUT2D eigenvalue weighted by molar-refractivity contribution is 5.16. The molecule has 0 heterocycles. The molecular weight excluding hydrogens is 235 g/mol. The fourth-order valence-electron chi connectivity index (χ4n) is 1.89. The lowest BCUT2D eigenvalue weighted by Crippen LogP contribution is -2.39. The Morgan fingerprint density at radius 3 is 2.61 bits per heavy atom. The fourth-order valence-corrected chi connectivity index (χ4v) is 1.89. The van der Waals surface area contributed by atoms with Crippen LogP contribution in [0, 0.1) is 5.82 Å². The second-order valence-corrected chi connectivity index (χ2v) is 4.49. The summed E-state index contributed by atoms with van der Waals surface area (Å²) in [6.07, 6.45) is 1.43. The third kappa shape index (κ3) is 4.72. The Kier molecular flexibility index (Phi) is 6.25. The Morgan fingerprint density at radius 2 is 2.00 bits per heavy atom. The second kappa shape index (κ2) is 7.46. The van der Waals surface area contributed by atoms with E-state index < -0.39 is 5.60 Å². The minimum absolute atomic E-state index is 0.142. The van der Waals surface area contributed by atoms with Gasteiger partial charge in [-0.15, -0.1) is 0 Å². The van der Waals surface area contributed by atoms with E-state index in [0.29, 0.717) is 12.0 Å². The molecule has 0 aliphatic heterocycles. The predicted molar refractivity (Wildman–Crippen MR) is 67.8 cm³/mol. The van der Waals surface area contributed by atoms with Gasteiger partial charge < -0.3 is 14.6 Å². The van der Waals surface area contributed by atoms with Crippen molar-refractivity contribution in [2.24, 2.45) is 0 Å². The average molecular weight is 256 g/mol. The van der Waals surface area contributed by atoms with E-state index in [0.717, 1.165) is 6.42 Å². The van der Waals surface area contributed by atoms with E-state index in [1.165, 1.54) is 13.2 Å². The van der Waals surface area contributed by atoms with Crippen molar-refractivity contribution in [1.29, 1.82) is 0 Å². The smallest absolute Gasteiger partial charge is 0.128 e. The van der Waals surface area contributed by atoms with E-state index in [1.807, 2.05) is 6.92 Å². The Hall–Kier alpha value is -0.970. The standard InChI is InChI=1S/C14H21FO3/c1-3-8-14(16,10-17-2)11-18-9-12-6-4-5-7-13(12)15/h4-7,16H,3,8-11H2,1-2H3. The van der Waals surface area contributed by atoms with Crippen molar-refractivity contribution in [2.75, 3.05) is 20.3 Å². The minimum Gasteiger partial charge on any atom is -0.385 e. The van der Waals surface area contributed by atoms with E-state index in [4.69, 9.17) is 9.47 Å². The topological polar surface area (TPSA) is 38.7 Å². The van der Waals surface area contributed by atoms with Crippen LogP contribution in [-0.4, -0.2) is 31.0 Å². The first-order valence-corrected chi connectivity index (χ1v) is 6.14. The highest BCUT2D eigenvalue weighted by atomic mass is 19.1. The SMILES string of the molecule is CCCC(O)(COC)COCc1ccccc1F. The molecule has 0 fully saturated rings. The van der Waals surface area contributed by atoms with Crippen molar-refractivity contribution in [3.8, 4) is 0 Å². The van der Waals surface area contributed by atoms with E-state index in [2.05, 4.69) is 0 Å². The van der Waals surface area contributed by atoms with Crippen LogP contribution in [0.1, 0.15) is 25.3 Å². The van der Waals surface area contributed by atoms with Gasteiger partial charge in [-0.05, 0) is 12.5 Å². The predicted octanol–water partition coefficient (Wildman–Crippen LogP) is 2.52. The van der Waals surface area contributed by atoms with Crippen LogP contribution in [0.5, 0.6) is 0 Å². The van der Waals surface area contributed by atoms with Crippen LogP contribution < -0.4 is 0 Å². The quantitative estimate of drug-likeness (QED) is 0.776. The summed E-state index contributed by atoms with van der Waals surface area (Å²) >= 11 is 0. The number of benzene rings is 1. The van der Waals surface area contributed by atoms with Gasteiger partial charge in [0.1, 0.15) is 11.4 Å². The van der Waals surface area contributed by atoms with Crippen molar-refractivity contribution in [1.82, 2.24) is 0 Å². The van der Waals surface area contributed by atoms with Gasteiger partial charge in [0.15, 0.2) is 0 Å². The zero-order chi connectivity index (χ0) is 13.4. The number of hydrogen-bond donors (Lipinski definition) is 1. The van der Waals surface area contributed by atoms with E-state index in [1.54, 1.807) is 18.2 Å². The summed E-state index contributed by atoms with van der Waals surface area (Å²) in [4.78, 5) is 0. The molecule has 1 aromatic carbocycles. The summed E-state index contributed by atoms with van der Waals surface area (Å²) < 4.78 is 23.7. The third-order valence-corrected chi connectivity index (χ3v) is 2.71. The van der Waals surface area contributed by atoms with Gasteiger partial charge in [-0.25, -0.2) is 4.39 Å². The van der Waals surface area contributed by atoms with E-state index in [9.17, 15) is 9.50 Å². The molecule has 0 radical (unpaired) electrons. The Labute approximate surface area is 108 Å². The molecule has 0 saturated heterocycles. The van der Waals surface area contributed by atoms with Crippen LogP contribution in [0.25, 0.3) is 0 Å². The van der Waals surface area contributed by atoms with Crippen molar-refractivity contribution >= 4 is 0 Å². The first-order chi connectivity index (χ1) is 8.61. The van der Waals surface area contributed by atoms with Gasteiger partial charge >= 0.3 is 0 Å². The summed E-state index contributed by atoms with van der Waals surface area (Å²) in [5.74, 6) is -0.289. The maximum atomic E-state index is 13.3. The number of methoxy groups -OCH3 is 1. The molecule has 1 aromatic rings. The van der Waals surface area contributed by atoms with Gasteiger partial charge in [-0.1, -0.05) is 31.5 Å². The zero-order valence-corrected chi connectivity index (χ0v) is 11.0. The Bertz CT molecular complexity index is 349. The van der Waals surface area contributed by atoms with Gasteiger partial charge in [0.2, 0.25) is 0 Å². The molecule has 1 N–H and O–H groups in total. The molecule has 0 aromatic heterocycles. The van der Waals surface area contributed by atoms with Crippen molar-refractivity contribution in [2.45, 2.75) is 32.0 Å². The summed E-state index contributed by atoms with van der Waals surface area (Å²) in [7, 11) is 1.54. The summed E-state index contributed by atoms with van der Waals surface area (Å²) in [6.45, 7) is 2.50. The molecule has 0 aliphatic carbocycles. The first-order valence-electron chi connectivity index (χ1n) is 6.14. The van der Waals surface area contributed by atoms with E-state index >= 15 is 0 Å². The number of ether oxygens (including phenoxy) is 2. The highest BCUT2D eigenvalue weighted by Gasteiger charge is 2.26. The van der Waals surface area contributed by atoms with Crippen LogP contribution in [0.4, 0.5) is 4.39 Å². The molecule has 1 atom stereocenters.